The molecule has 148 valence electrons. The van der Waals surface area contributed by atoms with E-state index >= 15 is 0 Å². The first-order chi connectivity index (χ1) is 13.2. The summed E-state index contributed by atoms with van der Waals surface area (Å²) in [5.41, 5.74) is 1.87. The second kappa shape index (κ2) is 8.26. The number of hydrogen-bond acceptors (Lipinski definition) is 6. The summed E-state index contributed by atoms with van der Waals surface area (Å²) in [6, 6.07) is 9.76. The quantitative estimate of drug-likeness (QED) is 0.570. The fourth-order valence-corrected chi connectivity index (χ4v) is 3.84. The fraction of sp³-hybridized carbons (Fsp3) is 0.278. The SMILES string of the molecule is Cc1cc(C)n(-c2cc(NCCNS(=O)(=O)c3ccc(Cl)cc3)nc(C)n2)n1. The van der Waals surface area contributed by atoms with Gasteiger partial charge in [-0.2, -0.15) is 5.10 Å². The van der Waals surface area contributed by atoms with Gasteiger partial charge in [-0.25, -0.2) is 27.8 Å². The van der Waals surface area contributed by atoms with Crippen LogP contribution in [-0.2, 0) is 10.0 Å². The summed E-state index contributed by atoms with van der Waals surface area (Å²) in [6.45, 7) is 6.23. The molecule has 8 nitrogen and oxygen atoms in total. The Balaban J connectivity index is 1.63. The summed E-state index contributed by atoms with van der Waals surface area (Å²) >= 11 is 5.79. The van der Waals surface area contributed by atoms with E-state index in [1.165, 1.54) is 12.1 Å². The first kappa shape index (κ1) is 20.2. The van der Waals surface area contributed by atoms with Crippen LogP contribution in [0.2, 0.25) is 5.02 Å². The third-order valence-electron chi connectivity index (χ3n) is 3.90. The maximum Gasteiger partial charge on any atom is 0.240 e. The van der Waals surface area contributed by atoms with Crippen LogP contribution in [-0.4, -0.2) is 41.3 Å². The Morgan fingerprint density at radius 2 is 1.75 bits per heavy atom. The molecule has 0 bridgehead atoms. The molecule has 0 saturated heterocycles. The van der Waals surface area contributed by atoms with Crippen molar-refractivity contribution in [2.24, 2.45) is 0 Å². The van der Waals surface area contributed by atoms with Crippen molar-refractivity contribution in [2.75, 3.05) is 18.4 Å². The molecule has 0 aliphatic carbocycles. The standard InChI is InChI=1S/C18H21ClN6O2S/c1-12-10-13(2)25(24-12)18-11-17(22-14(3)23-18)20-8-9-21-28(26,27)16-6-4-15(19)5-7-16/h4-7,10-11,21H,8-9H2,1-3H3,(H,20,22,23). The topological polar surface area (TPSA) is 102 Å². The van der Waals surface area contributed by atoms with Crippen molar-refractivity contribution in [3.63, 3.8) is 0 Å². The molecule has 0 atom stereocenters. The molecule has 2 heterocycles. The third kappa shape index (κ3) is 4.86. The minimum absolute atomic E-state index is 0.168. The van der Waals surface area contributed by atoms with Gasteiger partial charge in [0, 0.05) is 29.9 Å². The Morgan fingerprint density at radius 1 is 1.04 bits per heavy atom. The summed E-state index contributed by atoms with van der Waals surface area (Å²) in [4.78, 5) is 8.93. The van der Waals surface area contributed by atoms with Crippen molar-refractivity contribution < 1.29 is 8.42 Å². The highest BCUT2D eigenvalue weighted by Gasteiger charge is 2.13. The van der Waals surface area contributed by atoms with Gasteiger partial charge in [0.15, 0.2) is 5.82 Å². The highest BCUT2D eigenvalue weighted by atomic mass is 35.5. The number of aryl methyl sites for hydroxylation is 3. The first-order valence-electron chi connectivity index (χ1n) is 8.63. The van der Waals surface area contributed by atoms with Gasteiger partial charge in [-0.3, -0.25) is 0 Å². The fourth-order valence-electron chi connectivity index (χ4n) is 2.68. The van der Waals surface area contributed by atoms with Crippen LogP contribution in [0.5, 0.6) is 0 Å². The van der Waals surface area contributed by atoms with Crippen molar-refractivity contribution in [3.8, 4) is 5.82 Å². The van der Waals surface area contributed by atoms with Crippen LogP contribution in [0.4, 0.5) is 5.82 Å². The summed E-state index contributed by atoms with van der Waals surface area (Å²) in [7, 11) is -3.59. The molecule has 0 radical (unpaired) electrons. The normalized spacial score (nSPS) is 11.6. The van der Waals surface area contributed by atoms with Crippen LogP contribution in [0.1, 0.15) is 17.2 Å². The van der Waals surface area contributed by atoms with Crippen molar-refractivity contribution in [2.45, 2.75) is 25.7 Å². The Hall–Kier alpha value is -2.49. The van der Waals surface area contributed by atoms with E-state index < -0.39 is 10.0 Å². The summed E-state index contributed by atoms with van der Waals surface area (Å²) in [5, 5.41) is 8.03. The average molecular weight is 421 g/mol. The second-order valence-corrected chi connectivity index (χ2v) is 8.48. The molecule has 28 heavy (non-hydrogen) atoms. The number of sulfonamides is 1. The highest BCUT2D eigenvalue weighted by molar-refractivity contribution is 7.89. The molecule has 10 heteroatoms. The minimum Gasteiger partial charge on any atom is -0.369 e. The molecule has 0 saturated carbocycles. The maximum absolute atomic E-state index is 12.3. The average Bonchev–Trinajstić information content (AvgIpc) is 2.97. The van der Waals surface area contributed by atoms with E-state index in [9.17, 15) is 8.42 Å². The van der Waals surface area contributed by atoms with Gasteiger partial charge in [-0.1, -0.05) is 11.6 Å². The molecule has 0 fully saturated rings. The molecule has 3 aromatic rings. The van der Waals surface area contributed by atoms with E-state index in [1.807, 2.05) is 19.9 Å². The van der Waals surface area contributed by atoms with Crippen molar-refractivity contribution >= 4 is 27.4 Å². The smallest absolute Gasteiger partial charge is 0.240 e. The number of benzene rings is 1. The molecule has 0 aliphatic rings. The van der Waals surface area contributed by atoms with E-state index in [1.54, 1.807) is 29.8 Å². The van der Waals surface area contributed by atoms with Crippen molar-refractivity contribution in [3.05, 3.63) is 58.6 Å². The van der Waals surface area contributed by atoms with E-state index in [-0.39, 0.29) is 11.4 Å². The molecule has 3 rings (SSSR count). The zero-order valence-corrected chi connectivity index (χ0v) is 17.3. The van der Waals surface area contributed by atoms with Crippen LogP contribution in [0.25, 0.3) is 5.82 Å². The van der Waals surface area contributed by atoms with Gasteiger partial charge in [0.2, 0.25) is 10.0 Å². The van der Waals surface area contributed by atoms with E-state index in [4.69, 9.17) is 11.6 Å². The Labute approximate surface area is 169 Å². The molecule has 0 amide bonds. The molecular weight excluding hydrogens is 400 g/mol. The predicted molar refractivity (Wildman–Crippen MR) is 108 cm³/mol. The van der Waals surface area contributed by atoms with Crippen LogP contribution in [0, 0.1) is 20.8 Å². The van der Waals surface area contributed by atoms with Crippen LogP contribution >= 0.6 is 11.6 Å². The highest BCUT2D eigenvalue weighted by Crippen LogP contribution is 2.15. The molecule has 0 spiro atoms. The lowest BCUT2D eigenvalue weighted by molar-refractivity contribution is 0.583. The van der Waals surface area contributed by atoms with Gasteiger partial charge in [0.25, 0.3) is 0 Å². The molecule has 0 aliphatic heterocycles. The zero-order valence-electron chi connectivity index (χ0n) is 15.8. The van der Waals surface area contributed by atoms with Crippen LogP contribution in [0.15, 0.2) is 41.3 Å². The van der Waals surface area contributed by atoms with Crippen molar-refractivity contribution in [1.82, 2.24) is 24.5 Å². The maximum atomic E-state index is 12.3. The molecule has 0 unspecified atom stereocenters. The number of nitrogens with one attached hydrogen (secondary N) is 2. The number of aromatic nitrogens is 4. The van der Waals surface area contributed by atoms with Gasteiger partial charge in [-0.15, -0.1) is 0 Å². The molecule has 1 aromatic carbocycles. The largest absolute Gasteiger partial charge is 0.369 e. The number of hydrogen-bond donors (Lipinski definition) is 2. The molecular formula is C18H21ClN6O2S. The number of nitrogens with zero attached hydrogens (tertiary/aromatic N) is 4. The van der Waals surface area contributed by atoms with Gasteiger partial charge >= 0.3 is 0 Å². The molecule has 2 N–H and O–H groups in total. The number of rotatable bonds is 7. The van der Waals surface area contributed by atoms with Gasteiger partial charge in [0.1, 0.15) is 11.6 Å². The summed E-state index contributed by atoms with van der Waals surface area (Å²) < 4.78 is 28.8. The lowest BCUT2D eigenvalue weighted by Crippen LogP contribution is -2.29. The summed E-state index contributed by atoms with van der Waals surface area (Å²) in [6.07, 6.45) is 0. The number of anilines is 1. The zero-order chi connectivity index (χ0) is 20.3. The predicted octanol–water partition coefficient (Wildman–Crippen LogP) is 2.63. The van der Waals surface area contributed by atoms with Crippen LogP contribution < -0.4 is 10.0 Å². The van der Waals surface area contributed by atoms with Crippen molar-refractivity contribution in [1.29, 1.82) is 0 Å². The number of halogens is 1. The Morgan fingerprint density at radius 3 is 2.39 bits per heavy atom. The lowest BCUT2D eigenvalue weighted by Gasteiger charge is -2.11. The first-order valence-corrected chi connectivity index (χ1v) is 10.5. The van der Waals surface area contributed by atoms with E-state index in [0.29, 0.717) is 29.0 Å². The van der Waals surface area contributed by atoms with E-state index in [2.05, 4.69) is 25.1 Å². The lowest BCUT2D eigenvalue weighted by atomic mass is 10.4. The second-order valence-electron chi connectivity index (χ2n) is 6.28. The summed E-state index contributed by atoms with van der Waals surface area (Å²) in [5.74, 6) is 1.84. The Bertz CT molecular complexity index is 1080. The minimum atomic E-state index is -3.59. The van der Waals surface area contributed by atoms with Crippen LogP contribution in [0.3, 0.4) is 0 Å². The van der Waals surface area contributed by atoms with Gasteiger partial charge in [-0.05, 0) is 51.1 Å². The molecule has 2 aromatic heterocycles. The monoisotopic (exact) mass is 420 g/mol. The Kier molecular flexibility index (Phi) is 5.97. The van der Waals surface area contributed by atoms with E-state index in [0.717, 1.165) is 11.4 Å². The third-order valence-corrected chi connectivity index (χ3v) is 5.63. The van der Waals surface area contributed by atoms with Gasteiger partial charge in [0.05, 0.1) is 10.6 Å². The van der Waals surface area contributed by atoms with Gasteiger partial charge < -0.3 is 5.32 Å².